The quantitative estimate of drug-likeness (QED) is 0.527. The first kappa shape index (κ1) is 19.6. The van der Waals surface area contributed by atoms with E-state index in [2.05, 4.69) is 23.3 Å². The fourth-order valence-electron chi connectivity index (χ4n) is 3.59. The lowest BCUT2D eigenvalue weighted by Crippen LogP contribution is -2.21. The first-order chi connectivity index (χ1) is 14.6. The maximum atomic E-state index is 12.9. The molecular weight excluding hydrogens is 374 g/mol. The minimum atomic E-state index is -0.0904. The van der Waals surface area contributed by atoms with Crippen molar-refractivity contribution in [3.63, 3.8) is 0 Å². The number of pyridine rings is 2. The molecule has 0 aliphatic rings. The molecule has 2 aromatic carbocycles. The van der Waals surface area contributed by atoms with E-state index in [-0.39, 0.29) is 11.5 Å². The number of hydrogen-bond donors (Lipinski definition) is 1. The summed E-state index contributed by atoms with van der Waals surface area (Å²) in [5, 5.41) is 4.30. The number of carbonyl (C=O) groups excluding carboxylic acids is 1. The van der Waals surface area contributed by atoms with Crippen LogP contribution in [0.4, 0.5) is 5.69 Å². The SMILES string of the molecule is Cc1ccccc1CCC(=O)Nc1cccc2c(=O)n(Cc3cccnc3)ccc12. The van der Waals surface area contributed by atoms with Gasteiger partial charge in [-0.05, 0) is 54.3 Å². The van der Waals surface area contributed by atoms with E-state index in [1.165, 1.54) is 11.1 Å². The van der Waals surface area contributed by atoms with Gasteiger partial charge in [-0.2, -0.15) is 0 Å². The molecule has 0 fully saturated rings. The lowest BCUT2D eigenvalue weighted by molar-refractivity contribution is -0.116. The van der Waals surface area contributed by atoms with Crippen molar-refractivity contribution in [1.82, 2.24) is 9.55 Å². The van der Waals surface area contributed by atoms with E-state index >= 15 is 0 Å². The van der Waals surface area contributed by atoms with E-state index in [0.717, 1.165) is 10.9 Å². The number of amides is 1. The van der Waals surface area contributed by atoms with E-state index in [0.29, 0.717) is 30.5 Å². The summed E-state index contributed by atoms with van der Waals surface area (Å²) in [5.41, 5.74) is 3.88. The fraction of sp³-hybridized carbons (Fsp3) is 0.160. The number of hydrogen-bond acceptors (Lipinski definition) is 3. The van der Waals surface area contributed by atoms with Gasteiger partial charge in [-0.15, -0.1) is 0 Å². The van der Waals surface area contributed by atoms with Crippen molar-refractivity contribution in [3.05, 3.63) is 106 Å². The largest absolute Gasteiger partial charge is 0.326 e. The zero-order valence-corrected chi connectivity index (χ0v) is 16.8. The Bertz CT molecular complexity index is 1250. The summed E-state index contributed by atoms with van der Waals surface area (Å²) in [6.45, 7) is 2.50. The number of nitrogens with one attached hydrogen (secondary N) is 1. The number of carbonyl (C=O) groups is 1. The molecule has 1 N–H and O–H groups in total. The van der Waals surface area contributed by atoms with Gasteiger partial charge in [0.15, 0.2) is 0 Å². The number of aromatic nitrogens is 2. The van der Waals surface area contributed by atoms with E-state index in [1.807, 2.05) is 42.5 Å². The zero-order chi connectivity index (χ0) is 20.9. The van der Waals surface area contributed by atoms with Crippen LogP contribution in [-0.2, 0) is 17.8 Å². The Labute approximate surface area is 175 Å². The number of aryl methyl sites for hydroxylation is 2. The Morgan fingerprint density at radius 1 is 1.00 bits per heavy atom. The van der Waals surface area contributed by atoms with Crippen molar-refractivity contribution < 1.29 is 4.79 Å². The second-order valence-corrected chi connectivity index (χ2v) is 7.35. The molecule has 0 spiro atoms. The van der Waals surface area contributed by atoms with Crippen molar-refractivity contribution in [1.29, 1.82) is 0 Å². The fourth-order valence-corrected chi connectivity index (χ4v) is 3.59. The normalized spacial score (nSPS) is 10.8. The monoisotopic (exact) mass is 397 g/mol. The van der Waals surface area contributed by atoms with Crippen molar-refractivity contribution in [2.24, 2.45) is 0 Å². The highest BCUT2D eigenvalue weighted by molar-refractivity contribution is 6.01. The number of benzene rings is 2. The van der Waals surface area contributed by atoms with Gasteiger partial charge in [0.25, 0.3) is 5.56 Å². The summed E-state index contributed by atoms with van der Waals surface area (Å²) in [5.74, 6) is -0.0645. The smallest absolute Gasteiger partial charge is 0.258 e. The van der Waals surface area contributed by atoms with Gasteiger partial charge in [-0.25, -0.2) is 0 Å². The van der Waals surface area contributed by atoms with Gasteiger partial charge in [-0.3, -0.25) is 14.6 Å². The molecule has 4 rings (SSSR count). The minimum Gasteiger partial charge on any atom is -0.326 e. The van der Waals surface area contributed by atoms with E-state index < -0.39 is 0 Å². The number of rotatable bonds is 6. The predicted octanol–water partition coefficient (Wildman–Crippen LogP) is 4.32. The van der Waals surface area contributed by atoms with Gasteiger partial charge in [0, 0.05) is 41.5 Å². The molecule has 0 unspecified atom stereocenters. The van der Waals surface area contributed by atoms with Crippen LogP contribution in [0.5, 0.6) is 0 Å². The standard InChI is InChI=1S/C25H23N3O2/c1-18-6-2-3-8-20(18)11-12-24(29)27-23-10-4-9-22-21(23)13-15-28(25(22)30)17-19-7-5-14-26-16-19/h2-10,13-16H,11-12,17H2,1H3,(H,27,29). The summed E-state index contributed by atoms with van der Waals surface area (Å²) in [6, 6.07) is 19.2. The van der Waals surface area contributed by atoms with Crippen LogP contribution in [-0.4, -0.2) is 15.5 Å². The number of anilines is 1. The second-order valence-electron chi connectivity index (χ2n) is 7.35. The molecule has 2 heterocycles. The third kappa shape index (κ3) is 4.30. The van der Waals surface area contributed by atoms with E-state index in [9.17, 15) is 9.59 Å². The number of nitrogens with zero attached hydrogens (tertiary/aromatic N) is 2. The van der Waals surface area contributed by atoms with Crippen LogP contribution < -0.4 is 10.9 Å². The van der Waals surface area contributed by atoms with Crippen LogP contribution in [0.3, 0.4) is 0 Å². The lowest BCUT2D eigenvalue weighted by atomic mass is 10.0. The molecule has 5 nitrogen and oxygen atoms in total. The molecule has 0 radical (unpaired) electrons. The molecule has 2 aromatic heterocycles. The summed E-state index contributed by atoms with van der Waals surface area (Å²) in [6.07, 6.45) is 6.30. The Hall–Kier alpha value is -3.73. The van der Waals surface area contributed by atoms with Crippen LogP contribution in [0, 0.1) is 6.92 Å². The molecule has 0 atom stereocenters. The molecule has 5 heteroatoms. The molecule has 0 bridgehead atoms. The highest BCUT2D eigenvalue weighted by atomic mass is 16.1. The Kier molecular flexibility index (Phi) is 5.70. The topological polar surface area (TPSA) is 64.0 Å². The van der Waals surface area contributed by atoms with Gasteiger partial charge in [0.05, 0.1) is 6.54 Å². The average molecular weight is 397 g/mol. The number of fused-ring (bicyclic) bond motifs is 1. The van der Waals surface area contributed by atoms with Crippen LogP contribution >= 0.6 is 0 Å². The molecule has 4 aromatic rings. The van der Waals surface area contributed by atoms with Gasteiger partial charge < -0.3 is 9.88 Å². The van der Waals surface area contributed by atoms with E-state index in [4.69, 9.17) is 0 Å². The van der Waals surface area contributed by atoms with Gasteiger partial charge in [0.1, 0.15) is 0 Å². The molecule has 0 saturated carbocycles. The third-order valence-corrected chi connectivity index (χ3v) is 5.25. The maximum Gasteiger partial charge on any atom is 0.258 e. The van der Waals surface area contributed by atoms with Gasteiger partial charge in [-0.1, -0.05) is 36.4 Å². The average Bonchev–Trinajstić information content (AvgIpc) is 2.76. The van der Waals surface area contributed by atoms with Crippen LogP contribution in [0.1, 0.15) is 23.1 Å². The molecular formula is C25H23N3O2. The lowest BCUT2D eigenvalue weighted by Gasteiger charge is -2.12. The van der Waals surface area contributed by atoms with Crippen LogP contribution in [0.25, 0.3) is 10.8 Å². The molecule has 0 aliphatic carbocycles. The van der Waals surface area contributed by atoms with Gasteiger partial charge >= 0.3 is 0 Å². The Morgan fingerprint density at radius 3 is 2.67 bits per heavy atom. The van der Waals surface area contributed by atoms with Crippen molar-refractivity contribution in [2.45, 2.75) is 26.3 Å². The summed E-state index contributed by atoms with van der Waals surface area (Å²) in [4.78, 5) is 29.6. The minimum absolute atomic E-state index is 0.0645. The van der Waals surface area contributed by atoms with Crippen molar-refractivity contribution >= 4 is 22.4 Å². The highest BCUT2D eigenvalue weighted by Gasteiger charge is 2.10. The second kappa shape index (κ2) is 8.74. The predicted molar refractivity (Wildman–Crippen MR) is 120 cm³/mol. The van der Waals surface area contributed by atoms with Gasteiger partial charge in [0.2, 0.25) is 5.91 Å². The summed E-state index contributed by atoms with van der Waals surface area (Å²) in [7, 11) is 0. The molecule has 150 valence electrons. The van der Waals surface area contributed by atoms with Crippen molar-refractivity contribution in [2.75, 3.05) is 5.32 Å². The molecule has 1 amide bonds. The summed E-state index contributed by atoms with van der Waals surface area (Å²) < 4.78 is 1.66. The summed E-state index contributed by atoms with van der Waals surface area (Å²) >= 11 is 0. The zero-order valence-electron chi connectivity index (χ0n) is 16.8. The van der Waals surface area contributed by atoms with E-state index in [1.54, 1.807) is 35.3 Å². The van der Waals surface area contributed by atoms with Crippen LogP contribution in [0.2, 0.25) is 0 Å². The first-order valence-corrected chi connectivity index (χ1v) is 9.97. The molecule has 0 saturated heterocycles. The molecule has 30 heavy (non-hydrogen) atoms. The maximum absolute atomic E-state index is 12.9. The van der Waals surface area contributed by atoms with Crippen molar-refractivity contribution in [3.8, 4) is 0 Å². The van der Waals surface area contributed by atoms with Crippen LogP contribution in [0.15, 0.2) is 84.0 Å². The first-order valence-electron chi connectivity index (χ1n) is 9.97. The highest BCUT2D eigenvalue weighted by Crippen LogP contribution is 2.21. The Morgan fingerprint density at radius 2 is 1.87 bits per heavy atom. The Balaban J connectivity index is 1.53. The molecule has 0 aliphatic heterocycles. The third-order valence-electron chi connectivity index (χ3n) is 5.25.